The van der Waals surface area contributed by atoms with Crippen LogP contribution in [0.3, 0.4) is 0 Å². The summed E-state index contributed by atoms with van der Waals surface area (Å²) >= 11 is 0. The molecule has 1 amide bonds. The van der Waals surface area contributed by atoms with E-state index in [0.29, 0.717) is 30.9 Å². The van der Waals surface area contributed by atoms with Crippen molar-refractivity contribution in [3.05, 3.63) is 54.2 Å². The molecule has 33 heavy (non-hydrogen) atoms. The van der Waals surface area contributed by atoms with Crippen LogP contribution in [0, 0.1) is 5.92 Å². The second-order valence-corrected chi connectivity index (χ2v) is 9.87. The van der Waals surface area contributed by atoms with Gasteiger partial charge in [-0.2, -0.15) is 9.40 Å². The van der Waals surface area contributed by atoms with Crippen molar-refractivity contribution >= 4 is 15.9 Å². The standard InChI is InChI=1S/C23H28N4O5S/c1-3-31-19-6-4-17(5-7-19)16(2)25-23(28)18-11-14-27(15-12-18)33(29,30)22-9-8-21(32-22)20-10-13-24-26-20/h4-10,13,16,18H,3,11-12,14-15H2,1-2H3,(H,24,26)(H,25,28). The number of nitrogens with one attached hydrogen (secondary N) is 2. The van der Waals surface area contributed by atoms with Gasteiger partial charge in [-0.1, -0.05) is 12.1 Å². The molecule has 4 rings (SSSR count). The predicted molar refractivity (Wildman–Crippen MR) is 122 cm³/mol. The lowest BCUT2D eigenvalue weighted by atomic mass is 9.96. The summed E-state index contributed by atoms with van der Waals surface area (Å²) in [5.74, 6) is 0.900. The van der Waals surface area contributed by atoms with E-state index in [9.17, 15) is 13.2 Å². The molecule has 1 saturated heterocycles. The quantitative estimate of drug-likeness (QED) is 0.519. The first-order valence-electron chi connectivity index (χ1n) is 11.0. The molecule has 0 spiro atoms. The minimum absolute atomic E-state index is 0.0621. The fourth-order valence-corrected chi connectivity index (χ4v) is 5.30. The van der Waals surface area contributed by atoms with Crippen LogP contribution in [0.4, 0.5) is 0 Å². The molecule has 0 saturated carbocycles. The van der Waals surface area contributed by atoms with Crippen LogP contribution < -0.4 is 10.1 Å². The lowest BCUT2D eigenvalue weighted by molar-refractivity contribution is -0.126. The third-order valence-corrected chi connectivity index (χ3v) is 7.59. The first-order valence-corrected chi connectivity index (χ1v) is 12.5. The first-order chi connectivity index (χ1) is 15.9. The van der Waals surface area contributed by atoms with Gasteiger partial charge in [-0.15, -0.1) is 0 Å². The normalized spacial score (nSPS) is 16.4. The minimum Gasteiger partial charge on any atom is -0.494 e. The van der Waals surface area contributed by atoms with Crippen molar-refractivity contribution in [3.63, 3.8) is 0 Å². The van der Waals surface area contributed by atoms with E-state index in [-0.39, 0.29) is 36.0 Å². The Morgan fingerprint density at radius 3 is 2.58 bits per heavy atom. The average Bonchev–Trinajstić information content (AvgIpc) is 3.52. The molecule has 176 valence electrons. The number of ether oxygens (including phenoxy) is 1. The molecule has 9 nitrogen and oxygen atoms in total. The molecule has 0 radical (unpaired) electrons. The molecule has 3 aromatic rings. The SMILES string of the molecule is CCOc1ccc(C(C)NC(=O)C2CCN(S(=O)(=O)c3ccc(-c4ccn[nH]4)o3)CC2)cc1. The number of rotatable bonds is 8. The molecule has 1 unspecified atom stereocenters. The van der Waals surface area contributed by atoms with Crippen molar-refractivity contribution in [2.75, 3.05) is 19.7 Å². The zero-order valence-corrected chi connectivity index (χ0v) is 19.5. The van der Waals surface area contributed by atoms with E-state index in [1.807, 2.05) is 38.1 Å². The van der Waals surface area contributed by atoms with Gasteiger partial charge in [0.25, 0.3) is 10.0 Å². The fraction of sp³-hybridized carbons (Fsp3) is 0.391. The number of furan rings is 1. The maximum atomic E-state index is 13.0. The van der Waals surface area contributed by atoms with Crippen molar-refractivity contribution in [1.82, 2.24) is 19.8 Å². The smallest absolute Gasteiger partial charge is 0.276 e. The Morgan fingerprint density at radius 1 is 1.21 bits per heavy atom. The lowest BCUT2D eigenvalue weighted by Gasteiger charge is -2.30. The number of hydrogen-bond donors (Lipinski definition) is 2. The fourth-order valence-electron chi connectivity index (χ4n) is 3.92. The Kier molecular flexibility index (Phi) is 6.85. The summed E-state index contributed by atoms with van der Waals surface area (Å²) in [4.78, 5) is 12.8. The van der Waals surface area contributed by atoms with E-state index < -0.39 is 10.0 Å². The zero-order chi connectivity index (χ0) is 23.4. The van der Waals surface area contributed by atoms with Crippen LogP contribution in [0.15, 0.2) is 58.2 Å². The Morgan fingerprint density at radius 2 is 1.94 bits per heavy atom. The Labute approximate surface area is 193 Å². The Hall–Kier alpha value is -3.11. The third kappa shape index (κ3) is 5.12. The van der Waals surface area contributed by atoms with Gasteiger partial charge in [0.05, 0.1) is 12.6 Å². The van der Waals surface area contributed by atoms with Crippen LogP contribution in [0.25, 0.3) is 11.5 Å². The lowest BCUT2D eigenvalue weighted by Crippen LogP contribution is -2.43. The van der Waals surface area contributed by atoms with Crippen molar-refractivity contribution in [1.29, 1.82) is 0 Å². The molecule has 1 atom stereocenters. The van der Waals surface area contributed by atoms with E-state index in [4.69, 9.17) is 9.15 Å². The first kappa shape index (κ1) is 23.1. The van der Waals surface area contributed by atoms with E-state index in [0.717, 1.165) is 11.3 Å². The number of carbonyl (C=O) groups excluding carboxylic acids is 1. The zero-order valence-electron chi connectivity index (χ0n) is 18.7. The highest BCUT2D eigenvalue weighted by molar-refractivity contribution is 7.89. The molecule has 2 N–H and O–H groups in total. The molecule has 1 aliphatic rings. The largest absolute Gasteiger partial charge is 0.494 e. The summed E-state index contributed by atoms with van der Waals surface area (Å²) in [7, 11) is -3.77. The van der Waals surface area contributed by atoms with Crippen LogP contribution >= 0.6 is 0 Å². The monoisotopic (exact) mass is 472 g/mol. The molecule has 1 aliphatic heterocycles. The average molecular weight is 473 g/mol. The van der Waals surface area contributed by atoms with Crippen molar-refractivity contribution < 1.29 is 22.4 Å². The number of nitrogens with zero attached hydrogens (tertiary/aromatic N) is 2. The van der Waals surface area contributed by atoms with Gasteiger partial charge in [-0.3, -0.25) is 9.89 Å². The van der Waals surface area contributed by atoms with Crippen LogP contribution in [-0.4, -0.2) is 48.5 Å². The van der Waals surface area contributed by atoms with Crippen LogP contribution in [-0.2, 0) is 14.8 Å². The van der Waals surface area contributed by atoms with Gasteiger partial charge >= 0.3 is 0 Å². The van der Waals surface area contributed by atoms with Crippen LogP contribution in [0.5, 0.6) is 5.75 Å². The van der Waals surface area contributed by atoms with Crippen LogP contribution in [0.2, 0.25) is 0 Å². The number of piperidine rings is 1. The van der Waals surface area contributed by atoms with Gasteiger partial charge in [-0.05, 0) is 62.6 Å². The second-order valence-electron chi connectivity index (χ2n) is 8.00. The number of amides is 1. The molecule has 10 heteroatoms. The second kappa shape index (κ2) is 9.80. The molecule has 0 bridgehead atoms. The Balaban J connectivity index is 1.32. The highest BCUT2D eigenvalue weighted by atomic mass is 32.2. The predicted octanol–water partition coefficient (Wildman–Crippen LogP) is 3.35. The van der Waals surface area contributed by atoms with E-state index in [2.05, 4.69) is 15.5 Å². The third-order valence-electron chi connectivity index (χ3n) is 5.82. The maximum absolute atomic E-state index is 13.0. The number of aromatic nitrogens is 2. The van der Waals surface area contributed by atoms with E-state index in [1.54, 1.807) is 18.3 Å². The molecule has 1 aromatic carbocycles. The number of aromatic amines is 1. The van der Waals surface area contributed by atoms with Gasteiger partial charge in [0.15, 0.2) is 5.76 Å². The summed E-state index contributed by atoms with van der Waals surface area (Å²) in [5.41, 5.74) is 1.59. The molecule has 3 heterocycles. The van der Waals surface area contributed by atoms with Gasteiger partial charge in [0, 0.05) is 25.2 Å². The van der Waals surface area contributed by atoms with Crippen molar-refractivity contribution in [2.24, 2.45) is 5.92 Å². The summed E-state index contributed by atoms with van der Waals surface area (Å²) in [6.45, 7) is 4.99. The van der Waals surface area contributed by atoms with Gasteiger partial charge in [0.1, 0.15) is 11.4 Å². The highest BCUT2D eigenvalue weighted by Gasteiger charge is 2.34. The summed E-state index contributed by atoms with van der Waals surface area (Å²) < 4.78 is 38.3. The molecule has 0 aliphatic carbocycles. The number of sulfonamides is 1. The van der Waals surface area contributed by atoms with Crippen molar-refractivity contribution in [3.8, 4) is 17.2 Å². The topological polar surface area (TPSA) is 118 Å². The number of carbonyl (C=O) groups is 1. The van der Waals surface area contributed by atoms with Gasteiger partial charge in [-0.25, -0.2) is 8.42 Å². The number of benzene rings is 1. The summed E-state index contributed by atoms with van der Waals surface area (Å²) in [6, 6.07) is 12.2. The minimum atomic E-state index is -3.77. The number of H-pyrrole nitrogens is 1. The summed E-state index contributed by atoms with van der Waals surface area (Å²) in [6.07, 6.45) is 2.48. The molecule has 2 aromatic heterocycles. The van der Waals surface area contributed by atoms with E-state index in [1.165, 1.54) is 10.4 Å². The van der Waals surface area contributed by atoms with E-state index >= 15 is 0 Å². The molecule has 1 fully saturated rings. The highest BCUT2D eigenvalue weighted by Crippen LogP contribution is 2.28. The maximum Gasteiger partial charge on any atom is 0.276 e. The summed E-state index contributed by atoms with van der Waals surface area (Å²) in [5, 5.41) is 9.53. The van der Waals surface area contributed by atoms with Crippen LogP contribution in [0.1, 0.15) is 38.3 Å². The Bertz CT molecular complexity index is 1160. The number of hydrogen-bond acceptors (Lipinski definition) is 6. The molecular weight excluding hydrogens is 444 g/mol. The van der Waals surface area contributed by atoms with Gasteiger partial charge < -0.3 is 14.5 Å². The van der Waals surface area contributed by atoms with Gasteiger partial charge in [0.2, 0.25) is 11.0 Å². The van der Waals surface area contributed by atoms with Crippen molar-refractivity contribution in [2.45, 2.75) is 37.8 Å². The molecular formula is C23H28N4O5S.